The van der Waals surface area contributed by atoms with E-state index in [1.165, 1.54) is 36.1 Å². The van der Waals surface area contributed by atoms with E-state index in [2.05, 4.69) is 0 Å². The van der Waals surface area contributed by atoms with Crippen molar-refractivity contribution < 1.29 is 9.53 Å². The molecule has 8 heteroatoms. The number of carbonyl (C=O) groups excluding carboxylic acids is 1. The standard InChI is InChI=1S/C20H25N3O3S2/c24-18-16-14-7-3-4-8-15(14)28-17(16)21-19(23(18)13-5-1-2-6-13)27-12-10-22-9-11-26-20(22)25/h13H,1-12H2. The van der Waals surface area contributed by atoms with Crippen molar-refractivity contribution in [2.45, 2.75) is 62.6 Å². The first-order valence-corrected chi connectivity index (χ1v) is 12.1. The van der Waals surface area contributed by atoms with Crippen molar-refractivity contribution in [2.75, 3.05) is 25.4 Å². The molecule has 1 aliphatic heterocycles. The lowest BCUT2D eigenvalue weighted by atomic mass is 9.97. The van der Waals surface area contributed by atoms with Crippen molar-refractivity contribution in [3.05, 3.63) is 20.8 Å². The quantitative estimate of drug-likeness (QED) is 0.541. The molecule has 3 heterocycles. The summed E-state index contributed by atoms with van der Waals surface area (Å²) in [7, 11) is 0. The van der Waals surface area contributed by atoms with E-state index in [0.29, 0.717) is 19.7 Å². The van der Waals surface area contributed by atoms with Crippen LogP contribution < -0.4 is 5.56 Å². The predicted octanol–water partition coefficient (Wildman–Crippen LogP) is 4.00. The highest BCUT2D eigenvalue weighted by Crippen LogP contribution is 2.37. The molecule has 0 N–H and O–H groups in total. The fraction of sp³-hybridized carbons (Fsp3) is 0.650. The normalized spacial score (nSPS) is 20.1. The first-order valence-electron chi connectivity index (χ1n) is 10.3. The molecule has 2 aliphatic carbocycles. The largest absolute Gasteiger partial charge is 0.448 e. The average molecular weight is 420 g/mol. The fourth-order valence-electron chi connectivity index (χ4n) is 4.66. The summed E-state index contributed by atoms with van der Waals surface area (Å²) in [5, 5.41) is 1.72. The van der Waals surface area contributed by atoms with Crippen molar-refractivity contribution in [3.63, 3.8) is 0 Å². The SMILES string of the molecule is O=C1OCCN1CCSc1nc2sc3c(c2c(=O)n1C1CCCC1)CCCC3. The van der Waals surface area contributed by atoms with E-state index >= 15 is 0 Å². The van der Waals surface area contributed by atoms with Crippen molar-refractivity contribution in [3.8, 4) is 0 Å². The molecule has 6 nitrogen and oxygen atoms in total. The second-order valence-electron chi connectivity index (χ2n) is 7.85. The molecule has 0 unspecified atom stereocenters. The number of aromatic nitrogens is 2. The molecule has 0 aromatic carbocycles. The zero-order valence-electron chi connectivity index (χ0n) is 15.9. The Kier molecular flexibility index (Phi) is 5.09. The highest BCUT2D eigenvalue weighted by Gasteiger charge is 2.27. The van der Waals surface area contributed by atoms with E-state index in [4.69, 9.17) is 9.72 Å². The Morgan fingerprint density at radius 3 is 2.75 bits per heavy atom. The van der Waals surface area contributed by atoms with Gasteiger partial charge in [0.15, 0.2) is 5.16 Å². The Balaban J connectivity index is 1.50. The summed E-state index contributed by atoms with van der Waals surface area (Å²) < 4.78 is 7.00. The number of fused-ring (bicyclic) bond motifs is 3. The second kappa shape index (κ2) is 7.71. The second-order valence-corrected chi connectivity index (χ2v) is 9.99. The number of rotatable bonds is 5. The van der Waals surface area contributed by atoms with E-state index in [-0.39, 0.29) is 17.7 Å². The van der Waals surface area contributed by atoms with Gasteiger partial charge in [0.1, 0.15) is 11.4 Å². The highest BCUT2D eigenvalue weighted by molar-refractivity contribution is 7.99. The average Bonchev–Trinajstić information content (AvgIpc) is 3.42. The Labute approximate surface area is 172 Å². The first-order chi connectivity index (χ1) is 13.7. The summed E-state index contributed by atoms with van der Waals surface area (Å²) >= 11 is 3.32. The van der Waals surface area contributed by atoms with Crippen LogP contribution in [0.15, 0.2) is 9.95 Å². The van der Waals surface area contributed by atoms with Crippen LogP contribution in [0.2, 0.25) is 0 Å². The minimum atomic E-state index is -0.233. The fourth-order valence-corrected chi connectivity index (χ4v) is 6.99. The number of aryl methyl sites for hydroxylation is 2. The van der Waals surface area contributed by atoms with Crippen LogP contribution in [-0.2, 0) is 17.6 Å². The van der Waals surface area contributed by atoms with Crippen molar-refractivity contribution >= 4 is 39.4 Å². The number of thioether (sulfide) groups is 1. The smallest absolute Gasteiger partial charge is 0.409 e. The summed E-state index contributed by atoms with van der Waals surface area (Å²) in [6.45, 7) is 1.75. The number of nitrogens with zero attached hydrogens (tertiary/aromatic N) is 3. The van der Waals surface area contributed by atoms with E-state index < -0.39 is 0 Å². The van der Waals surface area contributed by atoms with Gasteiger partial charge in [0.05, 0.1) is 11.9 Å². The van der Waals surface area contributed by atoms with E-state index in [1.54, 1.807) is 28.0 Å². The van der Waals surface area contributed by atoms with Gasteiger partial charge < -0.3 is 9.64 Å². The third-order valence-corrected chi connectivity index (χ3v) is 8.23. The lowest BCUT2D eigenvalue weighted by molar-refractivity contribution is 0.160. The third kappa shape index (κ3) is 3.24. The highest BCUT2D eigenvalue weighted by atomic mass is 32.2. The van der Waals surface area contributed by atoms with Crippen LogP contribution in [0.1, 0.15) is 55.0 Å². The van der Waals surface area contributed by atoms with Gasteiger partial charge in [-0.3, -0.25) is 9.36 Å². The summed E-state index contributed by atoms with van der Waals surface area (Å²) in [6.07, 6.45) is 8.73. The van der Waals surface area contributed by atoms with Gasteiger partial charge in [0.25, 0.3) is 5.56 Å². The maximum absolute atomic E-state index is 13.6. The Bertz CT molecular complexity index is 962. The van der Waals surface area contributed by atoms with Crippen LogP contribution in [0, 0.1) is 0 Å². The molecule has 0 atom stereocenters. The van der Waals surface area contributed by atoms with Crippen LogP contribution >= 0.6 is 23.1 Å². The summed E-state index contributed by atoms with van der Waals surface area (Å²) in [5.41, 5.74) is 1.44. The monoisotopic (exact) mass is 419 g/mol. The van der Waals surface area contributed by atoms with Gasteiger partial charge in [0, 0.05) is 23.2 Å². The number of amides is 1. The Hall–Kier alpha value is -1.54. The molecule has 2 aromatic heterocycles. The predicted molar refractivity (Wildman–Crippen MR) is 112 cm³/mol. The van der Waals surface area contributed by atoms with Gasteiger partial charge in [-0.25, -0.2) is 9.78 Å². The number of cyclic esters (lactones) is 1. The van der Waals surface area contributed by atoms with Crippen molar-refractivity contribution in [1.29, 1.82) is 0 Å². The van der Waals surface area contributed by atoms with Crippen molar-refractivity contribution in [2.24, 2.45) is 0 Å². The summed E-state index contributed by atoms with van der Waals surface area (Å²) in [6, 6.07) is 0.266. The number of hydrogen-bond donors (Lipinski definition) is 0. The molecule has 0 spiro atoms. The molecule has 1 saturated heterocycles. The summed E-state index contributed by atoms with van der Waals surface area (Å²) in [5.74, 6) is 0.727. The maximum atomic E-state index is 13.6. The van der Waals surface area contributed by atoms with E-state index in [1.807, 2.05) is 4.57 Å². The number of hydrogen-bond acceptors (Lipinski definition) is 6. The molecule has 2 aromatic rings. The van der Waals surface area contributed by atoms with Gasteiger partial charge in [-0.15, -0.1) is 11.3 Å². The van der Waals surface area contributed by atoms with Crippen LogP contribution in [0.4, 0.5) is 4.79 Å². The lowest BCUT2D eigenvalue weighted by Gasteiger charge is -2.19. The van der Waals surface area contributed by atoms with Crippen LogP contribution in [0.5, 0.6) is 0 Å². The Morgan fingerprint density at radius 2 is 1.96 bits per heavy atom. The molecule has 0 bridgehead atoms. The van der Waals surface area contributed by atoms with Gasteiger partial charge in [0.2, 0.25) is 0 Å². The van der Waals surface area contributed by atoms with E-state index in [0.717, 1.165) is 46.8 Å². The number of carbonyl (C=O) groups is 1. The number of ether oxygens (including phenoxy) is 1. The van der Waals surface area contributed by atoms with Crippen LogP contribution in [0.3, 0.4) is 0 Å². The van der Waals surface area contributed by atoms with Gasteiger partial charge in [-0.1, -0.05) is 24.6 Å². The lowest BCUT2D eigenvalue weighted by Crippen LogP contribution is -2.28. The zero-order chi connectivity index (χ0) is 19.1. The van der Waals surface area contributed by atoms with Crippen LogP contribution in [0.25, 0.3) is 10.2 Å². The molecule has 28 heavy (non-hydrogen) atoms. The summed E-state index contributed by atoms with van der Waals surface area (Å²) in [4.78, 5) is 34.2. The van der Waals surface area contributed by atoms with Gasteiger partial charge in [-0.2, -0.15) is 0 Å². The number of thiophene rings is 1. The molecular weight excluding hydrogens is 394 g/mol. The minimum Gasteiger partial charge on any atom is -0.448 e. The van der Waals surface area contributed by atoms with Crippen molar-refractivity contribution in [1.82, 2.24) is 14.5 Å². The molecule has 2 fully saturated rings. The minimum absolute atomic E-state index is 0.166. The molecule has 1 saturated carbocycles. The van der Waals surface area contributed by atoms with Crippen LogP contribution in [-0.4, -0.2) is 46.0 Å². The van der Waals surface area contributed by atoms with Gasteiger partial charge in [-0.05, 0) is 44.1 Å². The third-order valence-electron chi connectivity index (χ3n) is 6.12. The van der Waals surface area contributed by atoms with E-state index in [9.17, 15) is 9.59 Å². The van der Waals surface area contributed by atoms with Gasteiger partial charge >= 0.3 is 6.09 Å². The topological polar surface area (TPSA) is 64.4 Å². The molecule has 5 rings (SSSR count). The molecule has 3 aliphatic rings. The first kappa shape index (κ1) is 18.5. The molecule has 1 amide bonds. The Morgan fingerprint density at radius 1 is 1.14 bits per heavy atom. The maximum Gasteiger partial charge on any atom is 0.409 e. The molecule has 0 radical (unpaired) electrons. The molecule has 150 valence electrons. The molecular formula is C20H25N3O3S2. The zero-order valence-corrected chi connectivity index (χ0v) is 17.6.